The Balaban J connectivity index is 1.62. The molecule has 8 heteroatoms. The summed E-state index contributed by atoms with van der Waals surface area (Å²) in [6.07, 6.45) is -0.0340. The molecule has 0 fully saturated rings. The molecule has 0 aliphatic heterocycles. The third kappa shape index (κ3) is 5.85. The third-order valence-electron chi connectivity index (χ3n) is 4.69. The van der Waals surface area contributed by atoms with Crippen molar-refractivity contribution in [3.05, 3.63) is 101 Å². The standard InChI is InChI=1S/C24H22N4O4/c1-18(19-12-14-22(15-13-19)28(31)32)25-26-23(29)16-17-24(30)27(20-8-4-2-5-9-20)21-10-6-3-7-11-21/h2-15H,16-17H2,1H3,(H,26,29). The molecule has 0 heterocycles. The zero-order valence-electron chi connectivity index (χ0n) is 17.5. The molecule has 0 saturated heterocycles. The average molecular weight is 430 g/mol. The lowest BCUT2D eigenvalue weighted by molar-refractivity contribution is -0.384. The molecule has 0 radical (unpaired) electrons. The minimum Gasteiger partial charge on any atom is -0.281 e. The molecule has 1 N–H and O–H groups in total. The molecule has 2 amide bonds. The normalized spacial score (nSPS) is 11.0. The zero-order chi connectivity index (χ0) is 22.9. The SMILES string of the molecule is CC(=NNC(=O)CCC(=O)N(c1ccccc1)c1ccccc1)c1ccc([N+](=O)[O-])cc1. The van der Waals surface area contributed by atoms with Crippen LogP contribution in [0, 0.1) is 10.1 Å². The molecule has 0 saturated carbocycles. The summed E-state index contributed by atoms with van der Waals surface area (Å²) in [4.78, 5) is 37.0. The van der Waals surface area contributed by atoms with E-state index in [0.717, 1.165) is 11.4 Å². The molecule has 0 spiro atoms. The average Bonchev–Trinajstić information content (AvgIpc) is 2.82. The van der Waals surface area contributed by atoms with Crippen LogP contribution in [0.3, 0.4) is 0 Å². The Morgan fingerprint density at radius 1 is 0.875 bits per heavy atom. The number of hydrogen-bond acceptors (Lipinski definition) is 5. The third-order valence-corrected chi connectivity index (χ3v) is 4.69. The van der Waals surface area contributed by atoms with E-state index in [-0.39, 0.29) is 24.4 Å². The smallest absolute Gasteiger partial charge is 0.269 e. The van der Waals surface area contributed by atoms with Gasteiger partial charge in [-0.25, -0.2) is 5.43 Å². The van der Waals surface area contributed by atoms with E-state index in [1.54, 1.807) is 24.0 Å². The van der Waals surface area contributed by atoms with E-state index in [9.17, 15) is 19.7 Å². The fourth-order valence-corrected chi connectivity index (χ4v) is 3.01. The van der Waals surface area contributed by atoms with Gasteiger partial charge in [0.1, 0.15) is 0 Å². The first-order valence-electron chi connectivity index (χ1n) is 9.96. The highest BCUT2D eigenvalue weighted by molar-refractivity contribution is 6.02. The van der Waals surface area contributed by atoms with Crippen molar-refractivity contribution >= 4 is 34.6 Å². The number of para-hydroxylation sites is 2. The molecule has 3 rings (SSSR count). The molecule has 162 valence electrons. The van der Waals surface area contributed by atoms with Crippen LogP contribution in [0.2, 0.25) is 0 Å². The number of non-ortho nitro benzene ring substituents is 1. The molecule has 0 aliphatic rings. The van der Waals surface area contributed by atoms with Crippen LogP contribution in [-0.2, 0) is 9.59 Å². The first kappa shape index (κ1) is 22.4. The Morgan fingerprint density at radius 3 is 1.91 bits per heavy atom. The quantitative estimate of drug-likeness (QED) is 0.321. The summed E-state index contributed by atoms with van der Waals surface area (Å²) in [6, 6.07) is 24.3. The van der Waals surface area contributed by atoms with E-state index in [1.165, 1.54) is 12.1 Å². The van der Waals surface area contributed by atoms with E-state index >= 15 is 0 Å². The molecule has 0 atom stereocenters. The van der Waals surface area contributed by atoms with Gasteiger partial charge in [-0.3, -0.25) is 24.6 Å². The van der Waals surface area contributed by atoms with Gasteiger partial charge in [-0.1, -0.05) is 36.4 Å². The van der Waals surface area contributed by atoms with Crippen molar-refractivity contribution in [1.29, 1.82) is 0 Å². The number of carbonyl (C=O) groups excluding carboxylic acids is 2. The monoisotopic (exact) mass is 430 g/mol. The molecule has 0 aromatic heterocycles. The Bertz CT molecular complexity index is 1070. The van der Waals surface area contributed by atoms with Crippen molar-refractivity contribution in [1.82, 2.24) is 5.43 Å². The maximum absolute atomic E-state index is 13.0. The van der Waals surface area contributed by atoms with Crippen molar-refractivity contribution in [2.24, 2.45) is 5.10 Å². The number of nitro benzene ring substituents is 1. The van der Waals surface area contributed by atoms with Crippen LogP contribution in [0.4, 0.5) is 17.1 Å². The second-order valence-electron chi connectivity index (χ2n) is 6.94. The zero-order valence-corrected chi connectivity index (χ0v) is 17.5. The molecule has 0 unspecified atom stereocenters. The molecule has 3 aromatic rings. The summed E-state index contributed by atoms with van der Waals surface area (Å²) in [5.74, 6) is -0.616. The van der Waals surface area contributed by atoms with Gasteiger partial charge in [-0.15, -0.1) is 0 Å². The summed E-state index contributed by atoms with van der Waals surface area (Å²) < 4.78 is 0. The summed E-state index contributed by atoms with van der Waals surface area (Å²) in [7, 11) is 0. The predicted octanol–water partition coefficient (Wildman–Crippen LogP) is 4.58. The fourth-order valence-electron chi connectivity index (χ4n) is 3.01. The van der Waals surface area contributed by atoms with Gasteiger partial charge < -0.3 is 0 Å². The summed E-state index contributed by atoms with van der Waals surface area (Å²) in [5, 5.41) is 14.8. The van der Waals surface area contributed by atoms with E-state index in [1.807, 2.05) is 60.7 Å². The van der Waals surface area contributed by atoms with Gasteiger partial charge in [0, 0.05) is 36.3 Å². The number of nitrogens with zero attached hydrogens (tertiary/aromatic N) is 3. The Hall–Kier alpha value is -4.33. The molecule has 0 bridgehead atoms. The van der Waals surface area contributed by atoms with Gasteiger partial charge in [-0.2, -0.15) is 5.10 Å². The highest BCUT2D eigenvalue weighted by Crippen LogP contribution is 2.26. The lowest BCUT2D eigenvalue weighted by Crippen LogP contribution is -2.28. The van der Waals surface area contributed by atoms with Crippen molar-refractivity contribution in [2.75, 3.05) is 4.90 Å². The van der Waals surface area contributed by atoms with E-state index < -0.39 is 10.8 Å². The molecule has 0 aliphatic carbocycles. The van der Waals surface area contributed by atoms with Gasteiger partial charge >= 0.3 is 0 Å². The molecule has 3 aromatic carbocycles. The molecular formula is C24H22N4O4. The highest BCUT2D eigenvalue weighted by Gasteiger charge is 2.18. The summed E-state index contributed by atoms with van der Waals surface area (Å²) in [5.41, 5.74) is 4.99. The van der Waals surface area contributed by atoms with E-state index in [2.05, 4.69) is 10.5 Å². The predicted molar refractivity (Wildman–Crippen MR) is 123 cm³/mol. The highest BCUT2D eigenvalue weighted by atomic mass is 16.6. The number of nitrogens with one attached hydrogen (secondary N) is 1. The lowest BCUT2D eigenvalue weighted by atomic mass is 10.1. The minimum atomic E-state index is -0.483. The van der Waals surface area contributed by atoms with Crippen LogP contribution in [0.15, 0.2) is 90.0 Å². The van der Waals surface area contributed by atoms with Crippen LogP contribution >= 0.6 is 0 Å². The second kappa shape index (κ2) is 10.6. The van der Waals surface area contributed by atoms with Crippen LogP contribution in [0.5, 0.6) is 0 Å². The molecule has 32 heavy (non-hydrogen) atoms. The van der Waals surface area contributed by atoms with Crippen LogP contribution < -0.4 is 10.3 Å². The Morgan fingerprint density at radius 2 is 1.41 bits per heavy atom. The number of hydrogen-bond donors (Lipinski definition) is 1. The maximum atomic E-state index is 13.0. The Kier molecular flexibility index (Phi) is 7.42. The number of amides is 2. The first-order chi connectivity index (χ1) is 15.5. The van der Waals surface area contributed by atoms with Gasteiger partial charge in [0.15, 0.2) is 0 Å². The minimum absolute atomic E-state index is 0.00171. The Labute approximate surface area is 185 Å². The van der Waals surface area contributed by atoms with Crippen molar-refractivity contribution in [3.8, 4) is 0 Å². The summed E-state index contributed by atoms with van der Waals surface area (Å²) >= 11 is 0. The number of nitro groups is 1. The van der Waals surface area contributed by atoms with Gasteiger partial charge in [0.05, 0.1) is 10.6 Å². The van der Waals surface area contributed by atoms with Gasteiger partial charge in [0.2, 0.25) is 11.8 Å². The number of anilines is 2. The van der Waals surface area contributed by atoms with Crippen LogP contribution in [0.25, 0.3) is 0 Å². The van der Waals surface area contributed by atoms with E-state index in [4.69, 9.17) is 0 Å². The molecular weight excluding hydrogens is 408 g/mol. The number of benzene rings is 3. The topological polar surface area (TPSA) is 105 Å². The van der Waals surface area contributed by atoms with E-state index in [0.29, 0.717) is 11.3 Å². The summed E-state index contributed by atoms with van der Waals surface area (Å²) in [6.45, 7) is 1.68. The van der Waals surface area contributed by atoms with Crippen LogP contribution in [-0.4, -0.2) is 22.4 Å². The van der Waals surface area contributed by atoms with Gasteiger partial charge in [-0.05, 0) is 48.9 Å². The first-order valence-corrected chi connectivity index (χ1v) is 9.96. The van der Waals surface area contributed by atoms with Gasteiger partial charge in [0.25, 0.3) is 5.69 Å². The van der Waals surface area contributed by atoms with Crippen molar-refractivity contribution < 1.29 is 14.5 Å². The molecule has 8 nitrogen and oxygen atoms in total. The largest absolute Gasteiger partial charge is 0.281 e. The second-order valence-corrected chi connectivity index (χ2v) is 6.94. The number of rotatable bonds is 8. The van der Waals surface area contributed by atoms with Crippen molar-refractivity contribution in [3.63, 3.8) is 0 Å². The maximum Gasteiger partial charge on any atom is 0.269 e. The lowest BCUT2D eigenvalue weighted by Gasteiger charge is -2.23. The number of hydrazone groups is 1. The fraction of sp³-hybridized carbons (Fsp3) is 0.125. The number of carbonyl (C=O) groups is 2. The van der Waals surface area contributed by atoms with Crippen LogP contribution in [0.1, 0.15) is 25.3 Å². The van der Waals surface area contributed by atoms with Crippen molar-refractivity contribution in [2.45, 2.75) is 19.8 Å².